The summed E-state index contributed by atoms with van der Waals surface area (Å²) < 4.78 is 10.8. The standard InChI is InChI=1S/C15H17NO5/c1-15-11(13(17)18)12(15)16(7-8-21-15)14(19)20-9-10-5-3-2-4-6-10/h2-6,11-12H,7-9H2,1H3,(H,17,18). The highest BCUT2D eigenvalue weighted by Gasteiger charge is 2.72. The average Bonchev–Trinajstić information content (AvgIpc) is 3.11. The van der Waals surface area contributed by atoms with E-state index in [1.54, 1.807) is 6.92 Å². The van der Waals surface area contributed by atoms with Gasteiger partial charge in [-0.1, -0.05) is 30.3 Å². The number of amides is 1. The molecule has 1 aromatic rings. The van der Waals surface area contributed by atoms with Crippen molar-refractivity contribution in [2.75, 3.05) is 13.2 Å². The van der Waals surface area contributed by atoms with E-state index in [0.29, 0.717) is 13.2 Å². The number of benzene rings is 1. The fourth-order valence-electron chi connectivity index (χ4n) is 3.02. The van der Waals surface area contributed by atoms with E-state index in [-0.39, 0.29) is 6.61 Å². The zero-order valence-electron chi connectivity index (χ0n) is 11.7. The first-order chi connectivity index (χ1) is 10.0. The zero-order valence-corrected chi connectivity index (χ0v) is 11.7. The molecule has 1 aliphatic heterocycles. The highest BCUT2D eigenvalue weighted by molar-refractivity contribution is 5.81. The minimum absolute atomic E-state index is 0.179. The summed E-state index contributed by atoms with van der Waals surface area (Å²) in [5, 5.41) is 9.20. The highest BCUT2D eigenvalue weighted by Crippen LogP contribution is 2.52. The molecule has 1 N–H and O–H groups in total. The Morgan fingerprint density at radius 2 is 2.14 bits per heavy atom. The van der Waals surface area contributed by atoms with Crippen LogP contribution < -0.4 is 0 Å². The molecule has 1 heterocycles. The van der Waals surface area contributed by atoms with Crippen LogP contribution in [0.25, 0.3) is 0 Å². The molecule has 2 fully saturated rings. The first-order valence-corrected chi connectivity index (χ1v) is 6.88. The number of carbonyl (C=O) groups is 2. The Bertz CT molecular complexity index is 560. The number of carboxylic acid groups (broad SMARTS) is 1. The molecule has 1 amide bonds. The number of nitrogens with zero attached hydrogens (tertiary/aromatic N) is 1. The first-order valence-electron chi connectivity index (χ1n) is 6.88. The Morgan fingerprint density at radius 1 is 1.43 bits per heavy atom. The van der Waals surface area contributed by atoms with Crippen molar-refractivity contribution in [3.8, 4) is 0 Å². The van der Waals surface area contributed by atoms with Crippen LogP contribution in [0.1, 0.15) is 12.5 Å². The van der Waals surface area contributed by atoms with Crippen molar-refractivity contribution in [3.05, 3.63) is 35.9 Å². The lowest BCUT2D eigenvalue weighted by Gasteiger charge is -2.29. The van der Waals surface area contributed by atoms with Crippen LogP contribution in [0.15, 0.2) is 30.3 Å². The third-order valence-corrected chi connectivity index (χ3v) is 4.20. The Hall–Kier alpha value is -2.08. The van der Waals surface area contributed by atoms with Crippen LogP contribution in [0.3, 0.4) is 0 Å². The fraction of sp³-hybridized carbons (Fsp3) is 0.467. The minimum atomic E-state index is -0.940. The summed E-state index contributed by atoms with van der Waals surface area (Å²) >= 11 is 0. The van der Waals surface area contributed by atoms with Gasteiger partial charge in [-0.2, -0.15) is 0 Å². The second-order valence-electron chi connectivity index (χ2n) is 5.53. The normalized spacial score (nSPS) is 30.4. The van der Waals surface area contributed by atoms with Crippen LogP contribution in [0.2, 0.25) is 0 Å². The summed E-state index contributed by atoms with van der Waals surface area (Å²) in [7, 11) is 0. The van der Waals surface area contributed by atoms with E-state index in [1.807, 2.05) is 30.3 Å². The molecule has 3 rings (SSSR count). The molecule has 1 saturated carbocycles. The molecule has 6 nitrogen and oxygen atoms in total. The summed E-state index contributed by atoms with van der Waals surface area (Å²) in [6, 6.07) is 8.93. The fourth-order valence-corrected chi connectivity index (χ4v) is 3.02. The quantitative estimate of drug-likeness (QED) is 0.913. The maximum atomic E-state index is 12.2. The molecule has 0 bridgehead atoms. The van der Waals surface area contributed by atoms with E-state index < -0.39 is 29.6 Å². The van der Waals surface area contributed by atoms with Crippen molar-refractivity contribution in [2.45, 2.75) is 25.2 Å². The summed E-state index contributed by atoms with van der Waals surface area (Å²) in [5.41, 5.74) is 0.114. The zero-order chi connectivity index (χ0) is 15.0. The summed E-state index contributed by atoms with van der Waals surface area (Å²) in [5.74, 6) is -1.62. The number of rotatable bonds is 3. The van der Waals surface area contributed by atoms with E-state index in [2.05, 4.69) is 0 Å². The number of hydrogen-bond donors (Lipinski definition) is 1. The van der Waals surface area contributed by atoms with Gasteiger partial charge in [-0.05, 0) is 12.5 Å². The van der Waals surface area contributed by atoms with Gasteiger partial charge in [0.15, 0.2) is 0 Å². The molecule has 6 heteroatoms. The van der Waals surface area contributed by atoms with Crippen molar-refractivity contribution >= 4 is 12.1 Å². The van der Waals surface area contributed by atoms with Gasteiger partial charge in [0.2, 0.25) is 0 Å². The van der Waals surface area contributed by atoms with Gasteiger partial charge in [0, 0.05) is 6.54 Å². The highest BCUT2D eigenvalue weighted by atomic mass is 16.6. The molecular formula is C15H17NO5. The predicted molar refractivity (Wildman–Crippen MR) is 72.6 cm³/mol. The number of aliphatic carboxylic acids is 1. The number of carbonyl (C=O) groups excluding carboxylic acids is 1. The first kappa shape index (κ1) is 13.9. The number of hydrogen-bond acceptors (Lipinski definition) is 4. The largest absolute Gasteiger partial charge is 0.481 e. The van der Waals surface area contributed by atoms with Crippen LogP contribution in [0.5, 0.6) is 0 Å². The Balaban J connectivity index is 1.64. The van der Waals surface area contributed by atoms with Crippen LogP contribution in [-0.4, -0.2) is 46.9 Å². The van der Waals surface area contributed by atoms with Crippen LogP contribution in [-0.2, 0) is 20.9 Å². The second kappa shape index (κ2) is 5.04. The van der Waals surface area contributed by atoms with E-state index in [1.165, 1.54) is 4.90 Å². The minimum Gasteiger partial charge on any atom is -0.481 e. The van der Waals surface area contributed by atoms with Gasteiger partial charge in [-0.25, -0.2) is 4.79 Å². The lowest BCUT2D eigenvalue weighted by molar-refractivity contribution is -0.140. The van der Waals surface area contributed by atoms with Crippen molar-refractivity contribution in [1.82, 2.24) is 4.90 Å². The number of fused-ring (bicyclic) bond motifs is 1. The van der Waals surface area contributed by atoms with Gasteiger partial charge in [0.1, 0.15) is 18.1 Å². The van der Waals surface area contributed by atoms with Crippen molar-refractivity contribution in [3.63, 3.8) is 0 Å². The van der Waals surface area contributed by atoms with Gasteiger partial charge in [-0.15, -0.1) is 0 Å². The summed E-state index contributed by atoms with van der Waals surface area (Å²) in [6.07, 6.45) is -0.484. The Morgan fingerprint density at radius 3 is 2.81 bits per heavy atom. The molecule has 0 aromatic heterocycles. The summed E-state index contributed by atoms with van der Waals surface area (Å²) in [6.45, 7) is 2.60. The predicted octanol–water partition coefficient (Wildman–Crippen LogP) is 1.50. The maximum Gasteiger partial charge on any atom is 0.410 e. The molecule has 1 saturated heterocycles. The van der Waals surface area contributed by atoms with Crippen molar-refractivity contribution in [1.29, 1.82) is 0 Å². The second-order valence-corrected chi connectivity index (χ2v) is 5.53. The van der Waals surface area contributed by atoms with Gasteiger partial charge < -0.3 is 14.6 Å². The van der Waals surface area contributed by atoms with Crippen LogP contribution in [0.4, 0.5) is 4.79 Å². The molecule has 112 valence electrons. The maximum absolute atomic E-state index is 12.2. The topological polar surface area (TPSA) is 76.1 Å². The van der Waals surface area contributed by atoms with Crippen molar-refractivity contribution in [2.24, 2.45) is 5.92 Å². The molecule has 3 atom stereocenters. The van der Waals surface area contributed by atoms with E-state index in [0.717, 1.165) is 5.56 Å². The van der Waals surface area contributed by atoms with Gasteiger partial charge in [0.05, 0.1) is 12.6 Å². The molecule has 0 spiro atoms. The van der Waals surface area contributed by atoms with E-state index >= 15 is 0 Å². The van der Waals surface area contributed by atoms with E-state index in [9.17, 15) is 14.7 Å². The molecule has 2 aliphatic rings. The molecule has 0 radical (unpaired) electrons. The van der Waals surface area contributed by atoms with Crippen LogP contribution in [0, 0.1) is 5.92 Å². The molecule has 21 heavy (non-hydrogen) atoms. The van der Waals surface area contributed by atoms with Gasteiger partial charge >= 0.3 is 12.1 Å². The van der Waals surface area contributed by atoms with Crippen LogP contribution >= 0.6 is 0 Å². The molecular weight excluding hydrogens is 274 g/mol. The summed E-state index contributed by atoms with van der Waals surface area (Å²) in [4.78, 5) is 24.9. The monoisotopic (exact) mass is 291 g/mol. The van der Waals surface area contributed by atoms with Crippen molar-refractivity contribution < 1.29 is 24.2 Å². The van der Waals surface area contributed by atoms with Gasteiger partial charge in [-0.3, -0.25) is 9.69 Å². The lowest BCUT2D eigenvalue weighted by atomic mass is 10.2. The Labute approximate surface area is 122 Å². The number of carboxylic acids is 1. The molecule has 1 aliphatic carbocycles. The van der Waals surface area contributed by atoms with Gasteiger partial charge in [0.25, 0.3) is 0 Å². The number of ether oxygens (including phenoxy) is 2. The SMILES string of the molecule is CC12OCCN(C(=O)OCc3ccccc3)C1C2C(=O)O. The lowest BCUT2D eigenvalue weighted by Crippen LogP contribution is -2.44. The van der Waals surface area contributed by atoms with E-state index in [4.69, 9.17) is 9.47 Å². The average molecular weight is 291 g/mol. The Kier molecular flexibility index (Phi) is 3.33. The third kappa shape index (κ3) is 2.35. The third-order valence-electron chi connectivity index (χ3n) is 4.20. The molecule has 1 aromatic carbocycles. The smallest absolute Gasteiger partial charge is 0.410 e. The molecule has 3 unspecified atom stereocenters. The number of morpholine rings is 1.